The van der Waals surface area contributed by atoms with Gasteiger partial charge in [-0.2, -0.15) is 141 Å². The van der Waals surface area contributed by atoms with E-state index in [9.17, 15) is 94.6 Å². The molecule has 0 aromatic heterocycles. The van der Waals surface area contributed by atoms with Crippen molar-refractivity contribution in [3.8, 4) is 70.9 Å². The molecule has 0 aliphatic heterocycles. The maximum absolute atomic E-state index is 13.3. The fourth-order valence-electron chi connectivity index (χ4n) is 8.55. The summed E-state index contributed by atoms with van der Waals surface area (Å²) in [7, 11) is 0. The number of carbonyl (C=O) groups excluding carboxylic acids is 6. The Hall–Kier alpha value is -5.82. The average Bonchev–Trinajstić information content (AvgIpc) is 0.833. The molecule has 123 heavy (non-hydrogen) atoms. The number of benzene rings is 12. The van der Waals surface area contributed by atoms with Crippen LogP contribution in [-0.4, -0.2) is 35.8 Å². The Morgan fingerprint density at radius 1 is 0.228 bits per heavy atom. The number of hydrogen-bond donors (Lipinski definition) is 0. The van der Waals surface area contributed by atoms with E-state index < -0.39 is 168 Å². The van der Waals surface area contributed by atoms with Gasteiger partial charge in [0.25, 0.3) is 0 Å². The van der Waals surface area contributed by atoms with Crippen LogP contribution in [0.15, 0.2) is 200 Å². The number of rotatable bonds is 12. The van der Waals surface area contributed by atoms with Gasteiger partial charge < -0.3 is 28.4 Å². The first kappa shape index (κ1) is 115. The third-order valence-electron chi connectivity index (χ3n) is 14.0. The third kappa shape index (κ3) is 35.3. The van der Waals surface area contributed by atoms with Gasteiger partial charge in [-0.25, -0.2) is 68.3 Å². The van der Waals surface area contributed by atoms with Gasteiger partial charge in [0.1, 0.15) is 140 Å². The molecule has 0 bridgehead atoms. The van der Waals surface area contributed by atoms with E-state index in [1.165, 1.54) is 84.9 Å². The molecule has 0 atom stereocenters. The molecule has 39 heteroatoms. The van der Waals surface area contributed by atoms with Gasteiger partial charge in [-0.3, -0.25) is 26.3 Å². The number of hydrogen-bond acceptors (Lipinski definition) is 18. The standard InChI is InChI=1S/C14H4F4NO2.2C14H5F3NO2.2C14H6F2NO2.C14H7FNO2.6Rb/c15-9-2-1-3-10(16)13(9)14(20)21-7-4-11(17)8(6-19)12(18)5-7;15-10-2-1-3-11(16)13(10)14(19)20-9-5-4-8(7-18)12(17)6-9;15-11-4-2-1-3-9(11)14(19)20-8-5-12(16)10(7-18)13(17)6-8;15-12-4-2-1-3-11(12)14(18)19-10-6-5-9(8-17)13(16)7-10;15-12-6-10(7-13(16)11(12)8-17)19-14(18)9-4-2-1-3-5-9;15-13-8-12(7-6-11(13)9-16)18-14(17)10-4-2-1-3-5-10;;;;;;/h2-5H;2-6H;1,3-6H;1,3-7H;2-7H;2-8H;;;;;;/q6*-1;6*+1. The van der Waals surface area contributed by atoms with Gasteiger partial charge in [0.05, 0.1) is 16.7 Å². The van der Waals surface area contributed by atoms with E-state index in [2.05, 4.69) is 50.6 Å². The Labute approximate surface area is 981 Å². The van der Waals surface area contributed by atoms with Crippen LogP contribution in [0.5, 0.6) is 34.5 Å². The van der Waals surface area contributed by atoms with Crippen molar-refractivity contribution in [1.29, 1.82) is 31.6 Å². The topological polar surface area (TPSA) is 301 Å². The van der Waals surface area contributed by atoms with Crippen molar-refractivity contribution in [2.24, 2.45) is 0 Å². The van der Waals surface area contributed by atoms with Crippen molar-refractivity contribution in [2.75, 3.05) is 0 Å². The minimum absolute atomic E-state index is 0. The predicted octanol–water partition coefficient (Wildman–Crippen LogP) is -0.423. The van der Waals surface area contributed by atoms with Crippen LogP contribution in [0.4, 0.5) is 65.9 Å². The number of carbonyl (C=O) groups is 6. The predicted molar refractivity (Wildman–Crippen MR) is 368 cm³/mol. The molecule has 0 radical (unpaired) electrons. The Bertz CT molecular complexity index is 5990. The van der Waals surface area contributed by atoms with Crippen molar-refractivity contribution in [3.63, 3.8) is 0 Å². The number of ether oxygens (including phenoxy) is 6. The van der Waals surface area contributed by atoms with E-state index >= 15 is 0 Å². The maximum atomic E-state index is 13.3. The molecule has 0 aliphatic carbocycles. The average molecular weight is 2120 g/mol. The zero-order chi connectivity index (χ0) is 85.6. The van der Waals surface area contributed by atoms with Gasteiger partial charge in [0.2, 0.25) is 0 Å². The largest absolute Gasteiger partial charge is 1.00 e. The Kier molecular flexibility index (Phi) is 54.9. The van der Waals surface area contributed by atoms with E-state index in [1.54, 1.807) is 42.5 Å². The van der Waals surface area contributed by atoms with Crippen molar-refractivity contribution < 1.29 is 472 Å². The van der Waals surface area contributed by atoms with Crippen LogP contribution in [0.3, 0.4) is 0 Å². The number of esters is 6. The molecule has 582 valence electrons. The quantitative estimate of drug-likeness (QED) is 0.0649. The smallest absolute Gasteiger partial charge is 0.424 e. The fourth-order valence-corrected chi connectivity index (χ4v) is 8.55. The van der Waals surface area contributed by atoms with Gasteiger partial charge >= 0.3 is 385 Å². The van der Waals surface area contributed by atoms with Crippen LogP contribution in [0, 0.1) is 192 Å². The van der Waals surface area contributed by atoms with E-state index in [0.717, 1.165) is 72.8 Å². The summed E-state index contributed by atoms with van der Waals surface area (Å²) in [5, 5.41) is 51.2. The van der Waals surface area contributed by atoms with Gasteiger partial charge in [0.15, 0.2) is 0 Å². The van der Waals surface area contributed by atoms with Crippen molar-refractivity contribution in [1.82, 2.24) is 0 Å². The molecule has 0 heterocycles. The molecular weight excluding hydrogens is 2080 g/mol. The molecule has 0 unspecified atom stereocenters. The molecule has 0 saturated heterocycles. The first-order chi connectivity index (χ1) is 55.9. The summed E-state index contributed by atoms with van der Waals surface area (Å²) in [6.45, 7) is 0. The minimum atomic E-state index is -1.47. The Morgan fingerprint density at radius 3 is 0.699 bits per heavy atom. The van der Waals surface area contributed by atoms with Gasteiger partial charge in [-0.1, -0.05) is 0 Å². The van der Waals surface area contributed by atoms with Crippen molar-refractivity contribution in [2.45, 2.75) is 0 Å². The molecule has 18 nitrogen and oxygen atoms in total. The zero-order valence-corrected chi connectivity index (χ0v) is 93.3. The molecule has 12 aromatic rings. The molecule has 0 spiro atoms. The molecule has 0 N–H and O–H groups in total. The van der Waals surface area contributed by atoms with Crippen LogP contribution < -0.4 is 378 Å². The SMILES string of the molecule is N#Cc1c(F)cc(OC(=O)c2c(F)c[c-]cc2F)cc1F.N#Cc1c(F)cc(OC(=O)c2cc[c-]cc2)cc1F.N#Cc1c(F)cc(OC(=O)c2cc[c-]cc2F)cc1F.N#Cc1ccc(OC(=O)c2c(F)c[c-]cc2F)cc1F.N#Cc1ccc(OC(=O)c2cc[c-]cc2)cc1F.N#Cc1ccc(OC(=O)c2cc[c-]cc2F)cc1F.[Rb+].[Rb+].[Rb+].[Rb+].[Rb+].[Rb+]. The first-order valence-electron chi connectivity index (χ1n) is 31.5. The van der Waals surface area contributed by atoms with E-state index in [0.29, 0.717) is 42.0 Å². The van der Waals surface area contributed by atoms with E-state index in [1.807, 2.05) is 0 Å². The summed E-state index contributed by atoms with van der Waals surface area (Å²) in [4.78, 5) is 69.8. The molecule has 12 rings (SSSR count). The Balaban J connectivity index is 0.000000731. The zero-order valence-electron chi connectivity index (χ0n) is 63.8. The number of nitriles is 6. The van der Waals surface area contributed by atoms with E-state index in [4.69, 9.17) is 45.8 Å². The molecule has 0 amide bonds. The Morgan fingerprint density at radius 2 is 0.447 bits per heavy atom. The normalized spacial score (nSPS) is 9.34. The molecule has 0 aliphatic rings. The molecule has 0 fully saturated rings. The third-order valence-corrected chi connectivity index (χ3v) is 14.0. The number of halogens is 15. The second-order valence-electron chi connectivity index (χ2n) is 21.7. The van der Waals surface area contributed by atoms with Crippen molar-refractivity contribution >= 4 is 35.8 Å². The second-order valence-corrected chi connectivity index (χ2v) is 21.7. The van der Waals surface area contributed by atoms with Gasteiger partial charge in [-0.05, 0) is 58.7 Å². The summed E-state index contributed by atoms with van der Waals surface area (Å²) in [6, 6.07) is 59.6. The van der Waals surface area contributed by atoms with Gasteiger partial charge in [0, 0.05) is 101 Å². The summed E-state index contributed by atoms with van der Waals surface area (Å²) in [6.07, 6.45) is 0. The second kappa shape index (κ2) is 58.6. The first-order valence-corrected chi connectivity index (χ1v) is 31.5. The van der Waals surface area contributed by atoms with E-state index in [-0.39, 0.29) is 400 Å². The summed E-state index contributed by atoms with van der Waals surface area (Å²) in [5.41, 5.74) is -4.87. The summed E-state index contributed by atoms with van der Waals surface area (Å²) >= 11 is 0. The van der Waals surface area contributed by atoms with Crippen LogP contribution in [0.1, 0.15) is 95.5 Å². The van der Waals surface area contributed by atoms with Crippen LogP contribution >= 0.6 is 0 Å². The minimum Gasteiger partial charge on any atom is -0.424 e. The van der Waals surface area contributed by atoms with Crippen LogP contribution in [0.25, 0.3) is 0 Å². The van der Waals surface area contributed by atoms with Crippen LogP contribution in [0.2, 0.25) is 0 Å². The molecule has 12 aromatic carbocycles. The van der Waals surface area contributed by atoms with Crippen molar-refractivity contribution in [3.05, 3.63) is 391 Å². The molecule has 0 saturated carbocycles. The fraction of sp³-hybridized carbons (Fsp3) is 0. The summed E-state index contributed by atoms with van der Waals surface area (Å²) < 4.78 is 228. The summed E-state index contributed by atoms with van der Waals surface area (Å²) in [5.74, 6) is -23.7. The van der Waals surface area contributed by atoms with Gasteiger partial charge in [-0.15, -0.1) is 36.4 Å². The monoisotopic (exact) mass is 2110 g/mol. The maximum Gasteiger partial charge on any atom is 1.00 e. The van der Waals surface area contributed by atoms with Crippen LogP contribution in [-0.2, 0) is 0 Å². The molecular formula is C84H33F15N6O12Rb6. The number of nitrogens with zero attached hydrogens (tertiary/aromatic N) is 6.